The maximum Gasteiger partial charge on any atom is 0.264 e. The monoisotopic (exact) mass is 433 g/mol. The van der Waals surface area contributed by atoms with Gasteiger partial charge in [0.2, 0.25) is 0 Å². The molecule has 0 spiro atoms. The zero-order valence-electron chi connectivity index (χ0n) is 9.88. The number of rotatable bonds is 3. The number of halogens is 4. The van der Waals surface area contributed by atoms with Gasteiger partial charge in [-0.2, -0.15) is 0 Å². The molecular formula is C11H7BrCl3NO2S2. The first-order valence-electron chi connectivity index (χ1n) is 5.14. The molecule has 0 saturated carbocycles. The molecule has 0 saturated heterocycles. The lowest BCUT2D eigenvalue weighted by molar-refractivity contribution is 0.601. The van der Waals surface area contributed by atoms with Crippen LogP contribution in [-0.2, 0) is 10.0 Å². The molecule has 0 aliphatic carbocycles. The fourth-order valence-electron chi connectivity index (χ4n) is 1.43. The van der Waals surface area contributed by atoms with Gasteiger partial charge in [0.25, 0.3) is 10.0 Å². The third-order valence-electron chi connectivity index (χ3n) is 2.41. The largest absolute Gasteiger partial charge is 0.278 e. The molecule has 0 amide bonds. The molecule has 0 unspecified atom stereocenters. The summed E-state index contributed by atoms with van der Waals surface area (Å²) in [5.41, 5.74) is 1.16. The molecule has 1 aromatic carbocycles. The molecule has 1 heterocycles. The second-order valence-electron chi connectivity index (χ2n) is 3.88. The number of hydrogen-bond donors (Lipinski definition) is 1. The van der Waals surface area contributed by atoms with Gasteiger partial charge in [0.05, 0.1) is 10.0 Å². The van der Waals surface area contributed by atoms with Crippen molar-refractivity contribution in [2.75, 3.05) is 4.72 Å². The Labute approximate surface area is 144 Å². The molecule has 0 radical (unpaired) electrons. The van der Waals surface area contributed by atoms with E-state index in [-0.39, 0.29) is 9.23 Å². The minimum Gasteiger partial charge on any atom is -0.278 e. The Balaban J connectivity index is 2.43. The maximum atomic E-state index is 12.3. The summed E-state index contributed by atoms with van der Waals surface area (Å²) in [6.45, 7) is 1.82. The molecule has 0 fully saturated rings. The minimum atomic E-state index is -3.82. The van der Waals surface area contributed by atoms with Crippen molar-refractivity contribution in [1.82, 2.24) is 0 Å². The molecule has 0 aliphatic rings. The number of hydrogen-bond acceptors (Lipinski definition) is 3. The summed E-state index contributed by atoms with van der Waals surface area (Å²) in [5.74, 6) is 0. The highest BCUT2D eigenvalue weighted by atomic mass is 79.9. The third-order valence-corrected chi connectivity index (χ3v) is 6.59. The fourth-order valence-corrected chi connectivity index (χ4v) is 5.51. The van der Waals surface area contributed by atoms with E-state index in [1.165, 1.54) is 12.1 Å². The molecule has 0 bridgehead atoms. The third kappa shape index (κ3) is 3.43. The average molecular weight is 436 g/mol. The van der Waals surface area contributed by atoms with E-state index in [9.17, 15) is 8.42 Å². The van der Waals surface area contributed by atoms with Crippen molar-refractivity contribution in [2.24, 2.45) is 0 Å². The minimum absolute atomic E-state index is 0.0576. The smallest absolute Gasteiger partial charge is 0.264 e. The van der Waals surface area contributed by atoms with Crippen LogP contribution in [0, 0.1) is 6.92 Å². The first-order chi connectivity index (χ1) is 9.20. The number of benzene rings is 1. The molecular weight excluding hydrogens is 429 g/mol. The van der Waals surface area contributed by atoms with Gasteiger partial charge in [0, 0.05) is 9.50 Å². The molecule has 2 rings (SSSR count). The Morgan fingerprint density at radius 3 is 2.40 bits per heavy atom. The first kappa shape index (κ1) is 16.4. The number of anilines is 1. The molecule has 2 aromatic rings. The molecule has 1 aromatic heterocycles. The predicted molar refractivity (Wildman–Crippen MR) is 89.0 cm³/mol. The van der Waals surface area contributed by atoms with Gasteiger partial charge in [0.15, 0.2) is 0 Å². The van der Waals surface area contributed by atoms with E-state index in [0.717, 1.165) is 16.9 Å². The molecule has 0 atom stereocenters. The van der Waals surface area contributed by atoms with Crippen molar-refractivity contribution in [3.8, 4) is 0 Å². The first-order valence-corrected chi connectivity index (χ1v) is 9.36. The fraction of sp³-hybridized carbons (Fsp3) is 0.0909. The predicted octanol–water partition coefficient (Wildman–Crippen LogP) is 5.58. The van der Waals surface area contributed by atoms with Crippen LogP contribution in [-0.4, -0.2) is 8.42 Å². The summed E-state index contributed by atoms with van der Waals surface area (Å²) in [6.07, 6.45) is 0. The van der Waals surface area contributed by atoms with Crippen LogP contribution in [0.3, 0.4) is 0 Å². The van der Waals surface area contributed by atoms with Crippen LogP contribution >= 0.6 is 62.1 Å². The Hall–Kier alpha value is 0.0200. The molecule has 20 heavy (non-hydrogen) atoms. The van der Waals surface area contributed by atoms with Crippen molar-refractivity contribution in [1.29, 1.82) is 0 Å². The van der Waals surface area contributed by atoms with Gasteiger partial charge in [-0.1, -0.05) is 34.8 Å². The summed E-state index contributed by atoms with van der Waals surface area (Å²) in [7, 11) is -3.82. The van der Waals surface area contributed by atoms with Gasteiger partial charge in [-0.3, -0.25) is 4.72 Å². The second kappa shape index (κ2) is 6.02. The molecule has 0 aliphatic heterocycles. The van der Waals surface area contributed by atoms with Crippen LogP contribution in [0.1, 0.15) is 5.56 Å². The summed E-state index contributed by atoms with van der Waals surface area (Å²) in [5, 5.41) is 0.459. The van der Waals surface area contributed by atoms with Gasteiger partial charge in [-0.05, 0) is 46.6 Å². The average Bonchev–Trinajstić information content (AvgIpc) is 2.66. The van der Waals surface area contributed by atoms with Crippen molar-refractivity contribution < 1.29 is 8.42 Å². The zero-order valence-corrected chi connectivity index (χ0v) is 15.4. The Kier molecular flexibility index (Phi) is 4.94. The van der Waals surface area contributed by atoms with Crippen molar-refractivity contribution in [3.63, 3.8) is 0 Å². The maximum absolute atomic E-state index is 12.3. The summed E-state index contributed by atoms with van der Waals surface area (Å²) in [4.78, 5) is -0.0576. The number of sulfonamides is 1. The lowest BCUT2D eigenvalue weighted by Gasteiger charge is -2.10. The van der Waals surface area contributed by atoms with E-state index in [1.54, 1.807) is 6.07 Å². The quantitative estimate of drug-likeness (QED) is 0.684. The number of nitrogens with one attached hydrogen (secondary N) is 1. The van der Waals surface area contributed by atoms with E-state index in [2.05, 4.69) is 20.7 Å². The van der Waals surface area contributed by atoms with Gasteiger partial charge < -0.3 is 0 Å². The lowest BCUT2D eigenvalue weighted by atomic mass is 10.2. The Morgan fingerprint density at radius 1 is 1.20 bits per heavy atom. The van der Waals surface area contributed by atoms with Crippen LogP contribution in [0.15, 0.2) is 27.6 Å². The summed E-state index contributed by atoms with van der Waals surface area (Å²) >= 11 is 21.9. The molecule has 9 heteroatoms. The van der Waals surface area contributed by atoms with Crippen LogP contribution in [0.4, 0.5) is 5.69 Å². The van der Waals surface area contributed by atoms with Gasteiger partial charge >= 0.3 is 0 Å². The highest BCUT2D eigenvalue weighted by Gasteiger charge is 2.22. The SMILES string of the molecule is Cc1cc(Br)c(NS(=O)(=O)c2cc(Cl)sc2Cl)cc1Cl. The van der Waals surface area contributed by atoms with E-state index in [4.69, 9.17) is 34.8 Å². The summed E-state index contributed by atoms with van der Waals surface area (Å²) in [6, 6.07) is 4.56. The van der Waals surface area contributed by atoms with E-state index < -0.39 is 10.0 Å². The highest BCUT2D eigenvalue weighted by molar-refractivity contribution is 9.10. The Bertz CT molecular complexity index is 774. The summed E-state index contributed by atoms with van der Waals surface area (Å²) < 4.78 is 28.0. The van der Waals surface area contributed by atoms with Crippen LogP contribution in [0.5, 0.6) is 0 Å². The van der Waals surface area contributed by atoms with Crippen molar-refractivity contribution in [3.05, 3.63) is 41.9 Å². The standard InChI is InChI=1S/C11H7BrCl3NO2S2/c1-5-2-6(12)8(3-7(5)13)16-20(17,18)9-4-10(14)19-11(9)15/h2-4,16H,1H3. The topological polar surface area (TPSA) is 46.2 Å². The van der Waals surface area contributed by atoms with E-state index in [1.807, 2.05) is 6.92 Å². The van der Waals surface area contributed by atoms with Gasteiger partial charge in [-0.25, -0.2) is 8.42 Å². The number of aryl methyl sites for hydroxylation is 1. The van der Waals surface area contributed by atoms with Gasteiger partial charge in [0.1, 0.15) is 9.23 Å². The van der Waals surface area contributed by atoms with Crippen molar-refractivity contribution >= 4 is 77.8 Å². The van der Waals surface area contributed by atoms with E-state index >= 15 is 0 Å². The molecule has 3 nitrogen and oxygen atoms in total. The van der Waals surface area contributed by atoms with Crippen molar-refractivity contribution in [2.45, 2.75) is 11.8 Å². The molecule has 1 N–H and O–H groups in total. The van der Waals surface area contributed by atoms with Crippen LogP contribution in [0.2, 0.25) is 13.7 Å². The second-order valence-corrected chi connectivity index (χ2v) is 9.07. The van der Waals surface area contributed by atoms with Crippen LogP contribution in [0.25, 0.3) is 0 Å². The normalized spacial score (nSPS) is 11.7. The zero-order chi connectivity index (χ0) is 15.1. The highest BCUT2D eigenvalue weighted by Crippen LogP contribution is 2.36. The van der Waals surface area contributed by atoms with E-state index in [0.29, 0.717) is 19.5 Å². The Morgan fingerprint density at radius 2 is 1.85 bits per heavy atom. The lowest BCUT2D eigenvalue weighted by Crippen LogP contribution is -2.13. The number of thiophene rings is 1. The molecule has 108 valence electrons. The van der Waals surface area contributed by atoms with Crippen LogP contribution < -0.4 is 4.72 Å². The van der Waals surface area contributed by atoms with Gasteiger partial charge in [-0.15, -0.1) is 11.3 Å².